The van der Waals surface area contributed by atoms with E-state index in [1.165, 1.54) is 150 Å². The maximum Gasteiger partial charge on any atom is 2.00 e. The molecule has 0 saturated heterocycles. The van der Waals surface area contributed by atoms with Gasteiger partial charge in [0.05, 0.1) is 0 Å². The molecular weight excluding hydrogens is 658 g/mol. The molecular formula is C42H56P2Zr. The molecule has 8 rings (SSSR count). The van der Waals surface area contributed by atoms with Gasteiger partial charge in [-0.2, -0.15) is 12.1 Å². The Hall–Kier alpha value is -0.597. The second-order valence-corrected chi connectivity index (χ2v) is 20.2. The van der Waals surface area contributed by atoms with Crippen LogP contribution < -0.4 is 10.6 Å². The van der Waals surface area contributed by atoms with Crippen molar-refractivity contribution in [3.8, 4) is 0 Å². The third-order valence-corrected chi connectivity index (χ3v) is 18.6. The van der Waals surface area contributed by atoms with Crippen molar-refractivity contribution in [2.45, 2.75) is 151 Å². The molecule has 0 amide bonds. The van der Waals surface area contributed by atoms with Crippen LogP contribution in [0.15, 0.2) is 72.8 Å². The van der Waals surface area contributed by atoms with Crippen molar-refractivity contribution in [2.75, 3.05) is 0 Å². The summed E-state index contributed by atoms with van der Waals surface area (Å²) in [5, 5.41) is 9.34. The van der Waals surface area contributed by atoms with Crippen LogP contribution in [0.2, 0.25) is 0 Å². The SMILES string of the molecule is [Zr+2].c1ccc2[cH-]c(P(C3CCCCC3)C3CCCCC3)cc2c1.c1ccc2[cH-]c(P(C3CCCCC3)C3CCCCC3)cc2c1. The molecule has 4 fully saturated rings. The van der Waals surface area contributed by atoms with Gasteiger partial charge >= 0.3 is 26.2 Å². The number of benzene rings is 2. The zero-order valence-electron chi connectivity index (χ0n) is 27.8. The van der Waals surface area contributed by atoms with Gasteiger partial charge in [-0.1, -0.05) is 105 Å². The number of rotatable bonds is 6. The molecule has 0 atom stereocenters. The summed E-state index contributed by atoms with van der Waals surface area (Å²) in [6, 6.07) is 28.1. The van der Waals surface area contributed by atoms with Crippen LogP contribution in [0.1, 0.15) is 128 Å². The van der Waals surface area contributed by atoms with Crippen molar-refractivity contribution in [1.29, 1.82) is 0 Å². The molecule has 0 aliphatic heterocycles. The van der Waals surface area contributed by atoms with E-state index in [0.29, 0.717) is 0 Å². The molecule has 4 aromatic carbocycles. The van der Waals surface area contributed by atoms with E-state index in [4.69, 9.17) is 0 Å². The first-order valence-corrected chi connectivity index (χ1v) is 21.7. The zero-order chi connectivity index (χ0) is 29.6. The molecule has 0 radical (unpaired) electrons. The Morgan fingerprint density at radius 3 is 0.978 bits per heavy atom. The van der Waals surface area contributed by atoms with Crippen LogP contribution in [0.5, 0.6) is 0 Å². The molecule has 0 spiro atoms. The maximum absolute atomic E-state index is 2.55. The first-order chi connectivity index (χ1) is 21.8. The van der Waals surface area contributed by atoms with Gasteiger partial charge < -0.3 is 0 Å². The molecule has 4 aliphatic rings. The fraction of sp³-hybridized carbons (Fsp3) is 0.571. The predicted octanol–water partition coefficient (Wildman–Crippen LogP) is 12.7. The first-order valence-electron chi connectivity index (χ1n) is 18.7. The number of hydrogen-bond acceptors (Lipinski definition) is 0. The van der Waals surface area contributed by atoms with Crippen molar-refractivity contribution < 1.29 is 26.2 Å². The van der Waals surface area contributed by atoms with Crippen LogP contribution in [-0.4, -0.2) is 22.6 Å². The van der Waals surface area contributed by atoms with E-state index in [1.54, 1.807) is 10.6 Å². The summed E-state index contributed by atoms with van der Waals surface area (Å²) in [6.45, 7) is 0. The zero-order valence-corrected chi connectivity index (χ0v) is 32.0. The Kier molecular flexibility index (Phi) is 13.1. The van der Waals surface area contributed by atoms with E-state index in [0.717, 1.165) is 22.6 Å². The molecule has 0 unspecified atom stereocenters. The summed E-state index contributed by atoms with van der Waals surface area (Å²) >= 11 is 0. The van der Waals surface area contributed by atoms with E-state index < -0.39 is 0 Å². The van der Waals surface area contributed by atoms with Gasteiger partial charge in [-0.05, 0) is 74.0 Å². The van der Waals surface area contributed by atoms with Crippen molar-refractivity contribution in [1.82, 2.24) is 0 Å². The van der Waals surface area contributed by atoms with Crippen LogP contribution in [0.4, 0.5) is 0 Å². The Morgan fingerprint density at radius 2 is 0.689 bits per heavy atom. The molecule has 4 saturated carbocycles. The van der Waals surface area contributed by atoms with E-state index in [2.05, 4.69) is 72.8 Å². The van der Waals surface area contributed by atoms with Crippen LogP contribution in [-0.2, 0) is 26.2 Å². The minimum atomic E-state index is 0. The number of fused-ring (bicyclic) bond motifs is 2. The molecule has 0 nitrogen and oxygen atoms in total. The largest absolute Gasteiger partial charge is 2.00 e. The van der Waals surface area contributed by atoms with Gasteiger partial charge in [0.1, 0.15) is 0 Å². The molecule has 0 heterocycles. The van der Waals surface area contributed by atoms with Crippen molar-refractivity contribution >= 4 is 48.0 Å². The Balaban J connectivity index is 0.000000155. The van der Waals surface area contributed by atoms with Gasteiger partial charge in [0.2, 0.25) is 0 Å². The third-order valence-electron chi connectivity index (χ3n) is 11.7. The second kappa shape index (κ2) is 17.2. The predicted molar refractivity (Wildman–Crippen MR) is 200 cm³/mol. The summed E-state index contributed by atoms with van der Waals surface area (Å²) in [5.74, 6) is 0. The monoisotopic (exact) mass is 712 g/mol. The fourth-order valence-corrected chi connectivity index (χ4v) is 17.2. The fourth-order valence-electron chi connectivity index (χ4n) is 9.44. The summed E-state index contributed by atoms with van der Waals surface area (Å²) in [6.07, 6.45) is 29.8. The third kappa shape index (κ3) is 8.53. The maximum atomic E-state index is 2.55. The quantitative estimate of drug-likeness (QED) is 0.138. The normalized spacial score (nSPS) is 21.2. The smallest absolute Gasteiger partial charge is 0.161 e. The van der Waals surface area contributed by atoms with Crippen molar-refractivity contribution in [3.05, 3.63) is 72.8 Å². The average Bonchev–Trinajstić information content (AvgIpc) is 3.72. The molecule has 4 aliphatic carbocycles. The average molecular weight is 714 g/mol. The second-order valence-electron chi connectivity index (χ2n) is 14.7. The van der Waals surface area contributed by atoms with Crippen LogP contribution in [0, 0.1) is 0 Å². The minimum Gasteiger partial charge on any atom is -0.161 e. The Labute approximate surface area is 296 Å². The van der Waals surface area contributed by atoms with Crippen LogP contribution in [0.25, 0.3) is 21.5 Å². The standard InChI is InChI=1S/2C21H28P.Zr/c2*1-3-11-19(12-4-1)22(20-13-5-2-6-14-20)21-15-17-9-7-8-10-18(17)16-21;/h2*7-10,15-16,19-20H,1-6,11-14H2;/q2*-1;+2. The molecule has 4 aromatic rings. The van der Waals surface area contributed by atoms with E-state index >= 15 is 0 Å². The number of hydrogen-bond donors (Lipinski definition) is 0. The Bertz CT molecular complexity index is 1210. The van der Waals surface area contributed by atoms with Crippen LogP contribution in [0.3, 0.4) is 0 Å². The molecule has 45 heavy (non-hydrogen) atoms. The van der Waals surface area contributed by atoms with Gasteiger partial charge in [-0.25, -0.2) is 0 Å². The van der Waals surface area contributed by atoms with Gasteiger partial charge in [-0.3, -0.25) is 0 Å². The topological polar surface area (TPSA) is 0 Å². The van der Waals surface area contributed by atoms with Gasteiger partial charge in [0.25, 0.3) is 0 Å². The van der Waals surface area contributed by atoms with Gasteiger partial charge in [-0.15, -0.1) is 80.7 Å². The van der Waals surface area contributed by atoms with Crippen molar-refractivity contribution in [2.24, 2.45) is 0 Å². The van der Waals surface area contributed by atoms with E-state index in [-0.39, 0.29) is 42.0 Å². The van der Waals surface area contributed by atoms with Crippen molar-refractivity contribution in [3.63, 3.8) is 0 Å². The molecule has 238 valence electrons. The Morgan fingerprint density at radius 1 is 0.400 bits per heavy atom. The summed E-state index contributed by atoms with van der Waals surface area (Å²) in [4.78, 5) is 0. The minimum absolute atomic E-state index is 0. The van der Waals surface area contributed by atoms with Gasteiger partial charge in [0, 0.05) is 0 Å². The van der Waals surface area contributed by atoms with Gasteiger partial charge in [0.15, 0.2) is 0 Å². The summed E-state index contributed by atoms with van der Waals surface area (Å²) in [7, 11) is 0.122. The molecule has 3 heteroatoms. The molecule has 0 aromatic heterocycles. The summed E-state index contributed by atoms with van der Waals surface area (Å²) < 4.78 is 0. The van der Waals surface area contributed by atoms with Crippen LogP contribution >= 0.6 is 15.8 Å². The van der Waals surface area contributed by atoms with E-state index in [1.807, 2.05) is 0 Å². The summed E-state index contributed by atoms with van der Waals surface area (Å²) in [5.41, 5.74) is 4.07. The first kappa shape index (κ1) is 34.3. The molecule has 0 N–H and O–H groups in total. The van der Waals surface area contributed by atoms with E-state index in [9.17, 15) is 0 Å². The molecule has 0 bridgehead atoms.